The molecule has 2 amide bonds. The van der Waals surface area contributed by atoms with E-state index >= 15 is 0 Å². The van der Waals surface area contributed by atoms with E-state index in [1.807, 2.05) is 87.5 Å². The molecule has 0 unspecified atom stereocenters. The van der Waals surface area contributed by atoms with Gasteiger partial charge in [0, 0.05) is 18.5 Å². The second kappa shape index (κ2) is 11.6. The van der Waals surface area contributed by atoms with Gasteiger partial charge in [-0.15, -0.1) is 0 Å². The number of rotatable bonds is 9. The summed E-state index contributed by atoms with van der Waals surface area (Å²) < 4.78 is 5.76. The fourth-order valence-corrected chi connectivity index (χ4v) is 3.43. The lowest BCUT2D eigenvalue weighted by Crippen LogP contribution is -2.21. The van der Waals surface area contributed by atoms with E-state index in [1.54, 1.807) is 6.21 Å². The van der Waals surface area contributed by atoms with Gasteiger partial charge in [-0.1, -0.05) is 48.0 Å². The molecule has 0 bridgehead atoms. The predicted octanol–water partition coefficient (Wildman–Crippen LogP) is 5.06. The van der Waals surface area contributed by atoms with Crippen molar-refractivity contribution in [2.24, 2.45) is 5.10 Å². The molecule has 6 nitrogen and oxygen atoms in total. The van der Waals surface area contributed by atoms with Crippen LogP contribution in [0, 0.1) is 20.8 Å². The van der Waals surface area contributed by atoms with Gasteiger partial charge < -0.3 is 10.1 Å². The number of amides is 2. The van der Waals surface area contributed by atoms with Crippen molar-refractivity contribution in [1.29, 1.82) is 0 Å². The second-order valence-corrected chi connectivity index (χ2v) is 7.96. The van der Waals surface area contributed by atoms with Crippen molar-refractivity contribution >= 4 is 23.7 Å². The maximum Gasteiger partial charge on any atom is 0.240 e. The van der Waals surface area contributed by atoms with Crippen LogP contribution in [0.3, 0.4) is 0 Å². The first-order chi connectivity index (χ1) is 15.9. The lowest BCUT2D eigenvalue weighted by atomic mass is 10.0. The summed E-state index contributed by atoms with van der Waals surface area (Å²) >= 11 is 0. The molecule has 0 aliphatic carbocycles. The van der Waals surface area contributed by atoms with E-state index < -0.39 is 0 Å². The van der Waals surface area contributed by atoms with E-state index in [0.717, 1.165) is 39.3 Å². The monoisotopic (exact) mass is 443 g/mol. The van der Waals surface area contributed by atoms with E-state index in [2.05, 4.69) is 15.8 Å². The van der Waals surface area contributed by atoms with Gasteiger partial charge in [0.25, 0.3) is 0 Å². The number of aryl methyl sites for hydroxylation is 3. The average Bonchev–Trinajstić information content (AvgIpc) is 2.80. The van der Waals surface area contributed by atoms with Crippen LogP contribution in [0.25, 0.3) is 0 Å². The average molecular weight is 444 g/mol. The SMILES string of the molecule is Cc1cc(C)c(NC(=O)CCC(=O)N/N=C\c2ccc(OCc3ccccc3)cc2)c(C)c1. The molecular formula is C27H29N3O3. The second-order valence-electron chi connectivity index (χ2n) is 7.96. The maximum atomic E-state index is 12.2. The van der Waals surface area contributed by atoms with Gasteiger partial charge in [-0.2, -0.15) is 5.10 Å². The molecule has 3 aromatic rings. The van der Waals surface area contributed by atoms with Crippen molar-refractivity contribution in [2.75, 3.05) is 5.32 Å². The Balaban J connectivity index is 1.40. The highest BCUT2D eigenvalue weighted by molar-refractivity contribution is 5.94. The summed E-state index contributed by atoms with van der Waals surface area (Å²) in [5.41, 5.74) is 8.35. The summed E-state index contributed by atoms with van der Waals surface area (Å²) in [6, 6.07) is 21.4. The molecule has 0 spiro atoms. The molecule has 0 aliphatic rings. The Bertz CT molecular complexity index is 1100. The van der Waals surface area contributed by atoms with Crippen molar-refractivity contribution in [3.8, 4) is 5.75 Å². The molecule has 6 heteroatoms. The van der Waals surface area contributed by atoms with Gasteiger partial charge in [-0.05, 0) is 67.3 Å². The Morgan fingerprint density at radius 1 is 0.879 bits per heavy atom. The van der Waals surface area contributed by atoms with Crippen molar-refractivity contribution < 1.29 is 14.3 Å². The number of anilines is 1. The van der Waals surface area contributed by atoms with Crippen LogP contribution in [0.5, 0.6) is 5.75 Å². The van der Waals surface area contributed by atoms with E-state index in [4.69, 9.17) is 4.74 Å². The molecule has 0 aliphatic heterocycles. The Hall–Kier alpha value is -3.93. The van der Waals surface area contributed by atoms with Crippen LogP contribution in [0.15, 0.2) is 71.8 Å². The largest absolute Gasteiger partial charge is 0.489 e. The molecule has 3 rings (SSSR count). The standard InChI is InChI=1S/C27H29N3O3/c1-19-15-20(2)27(21(3)16-19)29-25(31)13-14-26(32)30-28-17-22-9-11-24(12-10-22)33-18-23-7-5-4-6-8-23/h4-12,15-17H,13-14,18H2,1-3H3,(H,29,31)(H,30,32)/b28-17-. The first kappa shape index (κ1) is 23.7. The van der Waals surface area contributed by atoms with Crippen LogP contribution in [-0.2, 0) is 16.2 Å². The molecule has 0 saturated heterocycles. The highest BCUT2D eigenvalue weighted by atomic mass is 16.5. The van der Waals surface area contributed by atoms with Crippen molar-refractivity contribution in [2.45, 2.75) is 40.2 Å². The molecule has 0 atom stereocenters. The number of carbonyl (C=O) groups is 2. The first-order valence-electron chi connectivity index (χ1n) is 10.9. The molecule has 33 heavy (non-hydrogen) atoms. The summed E-state index contributed by atoms with van der Waals surface area (Å²) in [5.74, 6) is 0.238. The Kier molecular flexibility index (Phi) is 8.36. The van der Waals surface area contributed by atoms with Gasteiger partial charge in [0.1, 0.15) is 12.4 Å². The van der Waals surface area contributed by atoms with Gasteiger partial charge in [0.05, 0.1) is 6.21 Å². The van der Waals surface area contributed by atoms with Gasteiger partial charge in [0.15, 0.2) is 0 Å². The predicted molar refractivity (Wildman–Crippen MR) is 131 cm³/mol. The quantitative estimate of drug-likeness (QED) is 0.358. The summed E-state index contributed by atoms with van der Waals surface area (Å²) in [5, 5.41) is 6.87. The summed E-state index contributed by atoms with van der Waals surface area (Å²) in [4.78, 5) is 24.3. The molecule has 0 radical (unpaired) electrons. The minimum absolute atomic E-state index is 0.0550. The van der Waals surface area contributed by atoms with E-state index in [1.165, 1.54) is 0 Å². The lowest BCUT2D eigenvalue weighted by molar-refractivity contribution is -0.124. The number of ether oxygens (including phenoxy) is 1. The normalized spacial score (nSPS) is 10.8. The van der Waals surface area contributed by atoms with Crippen LogP contribution in [-0.4, -0.2) is 18.0 Å². The lowest BCUT2D eigenvalue weighted by Gasteiger charge is -2.12. The maximum absolute atomic E-state index is 12.2. The Morgan fingerprint density at radius 2 is 1.52 bits per heavy atom. The number of hydrogen-bond acceptors (Lipinski definition) is 4. The van der Waals surface area contributed by atoms with E-state index in [9.17, 15) is 9.59 Å². The highest BCUT2D eigenvalue weighted by Gasteiger charge is 2.10. The van der Waals surface area contributed by atoms with Crippen LogP contribution in [0.2, 0.25) is 0 Å². The number of nitrogens with one attached hydrogen (secondary N) is 2. The summed E-state index contributed by atoms with van der Waals surface area (Å²) in [7, 11) is 0. The van der Waals surface area contributed by atoms with Crippen LogP contribution >= 0.6 is 0 Å². The van der Waals surface area contributed by atoms with Gasteiger partial charge in [0.2, 0.25) is 11.8 Å². The molecule has 0 saturated carbocycles. The Morgan fingerprint density at radius 3 is 2.18 bits per heavy atom. The summed E-state index contributed by atoms with van der Waals surface area (Å²) in [6.07, 6.45) is 1.69. The van der Waals surface area contributed by atoms with Gasteiger partial charge in [-0.25, -0.2) is 5.43 Å². The number of nitrogens with zero attached hydrogens (tertiary/aromatic N) is 1. The van der Waals surface area contributed by atoms with E-state index in [-0.39, 0.29) is 24.7 Å². The van der Waals surface area contributed by atoms with Crippen molar-refractivity contribution in [3.05, 3.63) is 94.5 Å². The molecule has 0 fully saturated rings. The molecule has 170 valence electrons. The molecule has 0 heterocycles. The van der Waals surface area contributed by atoms with Crippen molar-refractivity contribution in [3.63, 3.8) is 0 Å². The zero-order chi connectivity index (χ0) is 23.6. The van der Waals surface area contributed by atoms with Gasteiger partial charge >= 0.3 is 0 Å². The number of carbonyl (C=O) groups excluding carboxylic acids is 2. The fraction of sp³-hybridized carbons (Fsp3) is 0.222. The molecule has 3 aromatic carbocycles. The minimum Gasteiger partial charge on any atom is -0.489 e. The van der Waals surface area contributed by atoms with Crippen LogP contribution in [0.4, 0.5) is 5.69 Å². The minimum atomic E-state index is -0.318. The Labute approximate surface area is 194 Å². The zero-order valence-corrected chi connectivity index (χ0v) is 19.2. The molecule has 2 N–H and O–H groups in total. The third kappa shape index (κ3) is 7.61. The smallest absolute Gasteiger partial charge is 0.240 e. The third-order valence-electron chi connectivity index (χ3n) is 5.05. The molecular weight excluding hydrogens is 414 g/mol. The third-order valence-corrected chi connectivity index (χ3v) is 5.05. The zero-order valence-electron chi connectivity index (χ0n) is 19.2. The first-order valence-corrected chi connectivity index (χ1v) is 10.9. The number of hydrazone groups is 1. The van der Waals surface area contributed by atoms with E-state index in [0.29, 0.717) is 6.61 Å². The summed E-state index contributed by atoms with van der Waals surface area (Å²) in [6.45, 7) is 6.43. The van der Waals surface area contributed by atoms with Crippen molar-refractivity contribution in [1.82, 2.24) is 5.43 Å². The number of benzene rings is 3. The van der Waals surface area contributed by atoms with Gasteiger partial charge in [-0.3, -0.25) is 9.59 Å². The highest BCUT2D eigenvalue weighted by Crippen LogP contribution is 2.22. The van der Waals surface area contributed by atoms with Crippen LogP contribution in [0.1, 0.15) is 40.7 Å². The van der Waals surface area contributed by atoms with Crippen LogP contribution < -0.4 is 15.5 Å². The fourth-order valence-electron chi connectivity index (χ4n) is 3.43. The topological polar surface area (TPSA) is 79.8 Å². The molecule has 0 aromatic heterocycles. The number of hydrogen-bond donors (Lipinski definition) is 2.